The van der Waals surface area contributed by atoms with Crippen LogP contribution in [0, 0.1) is 0 Å². The third kappa shape index (κ3) is 5.12. The first-order chi connectivity index (χ1) is 15.8. The molecule has 2 aromatic heterocycles. The highest BCUT2D eigenvalue weighted by molar-refractivity contribution is 7.91. The van der Waals surface area contributed by atoms with Crippen LogP contribution in [0.15, 0.2) is 54.0 Å². The predicted molar refractivity (Wildman–Crippen MR) is 129 cm³/mol. The number of methoxy groups -OCH3 is 1. The zero-order valence-corrected chi connectivity index (χ0v) is 19.5. The van der Waals surface area contributed by atoms with E-state index in [4.69, 9.17) is 4.74 Å². The summed E-state index contributed by atoms with van der Waals surface area (Å²) >= 11 is 1.22. The number of aromatic nitrogens is 2. The Bertz CT molecular complexity index is 1450. The largest absolute Gasteiger partial charge is 0.496 e. The molecule has 0 aliphatic heterocycles. The van der Waals surface area contributed by atoms with Crippen LogP contribution >= 0.6 is 11.3 Å². The Morgan fingerprint density at radius 3 is 2.73 bits per heavy atom. The van der Waals surface area contributed by atoms with Gasteiger partial charge in [-0.3, -0.25) is 9.59 Å². The molecule has 4 aromatic rings. The maximum atomic E-state index is 12.7. The van der Waals surface area contributed by atoms with Gasteiger partial charge in [0.05, 0.1) is 18.6 Å². The maximum Gasteiger partial charge on any atom is 0.241 e. The number of sulfone groups is 1. The monoisotopic (exact) mass is 483 g/mol. The van der Waals surface area contributed by atoms with Crippen LogP contribution in [-0.2, 0) is 20.4 Å². The summed E-state index contributed by atoms with van der Waals surface area (Å²) in [6.07, 6.45) is 1.85. The summed E-state index contributed by atoms with van der Waals surface area (Å²) in [6, 6.07) is 12.4. The van der Waals surface area contributed by atoms with Crippen molar-refractivity contribution in [3.63, 3.8) is 0 Å². The highest BCUT2D eigenvalue weighted by Gasteiger charge is 2.21. The van der Waals surface area contributed by atoms with Crippen molar-refractivity contribution in [2.24, 2.45) is 0 Å². The Labute approximate surface area is 194 Å². The minimum absolute atomic E-state index is 0.191. The summed E-state index contributed by atoms with van der Waals surface area (Å²) in [4.78, 5) is 31.7. The second-order valence-corrected chi connectivity index (χ2v) is 10.4. The fourth-order valence-electron chi connectivity index (χ4n) is 3.49. The summed E-state index contributed by atoms with van der Waals surface area (Å²) in [7, 11) is -2.41. The molecule has 0 unspecified atom stereocenters. The third-order valence-corrected chi connectivity index (χ3v) is 7.24. The molecule has 8 nitrogen and oxygen atoms in total. The van der Waals surface area contributed by atoms with Crippen LogP contribution in [0.5, 0.6) is 5.75 Å². The lowest BCUT2D eigenvalue weighted by Crippen LogP contribution is -2.24. The molecule has 33 heavy (non-hydrogen) atoms. The van der Waals surface area contributed by atoms with E-state index in [1.807, 2.05) is 30.5 Å². The van der Waals surface area contributed by atoms with Crippen LogP contribution in [0.1, 0.15) is 22.8 Å². The number of rotatable bonds is 8. The second kappa shape index (κ2) is 9.16. The number of nitrogens with zero attached hydrogens (tertiary/aromatic N) is 1. The average Bonchev–Trinajstić information content (AvgIpc) is 3.39. The van der Waals surface area contributed by atoms with Gasteiger partial charge < -0.3 is 15.0 Å². The number of Topliss-reactive ketones (excluding diaryl/α,β-unsaturated/α-hetero) is 1. The molecule has 170 valence electrons. The number of hydrogen-bond acceptors (Lipinski definition) is 7. The van der Waals surface area contributed by atoms with Crippen molar-refractivity contribution >= 4 is 48.9 Å². The summed E-state index contributed by atoms with van der Waals surface area (Å²) < 4.78 is 30.5. The van der Waals surface area contributed by atoms with Gasteiger partial charge in [-0.1, -0.05) is 18.2 Å². The van der Waals surface area contributed by atoms with Gasteiger partial charge in [-0.2, -0.15) is 0 Å². The van der Waals surface area contributed by atoms with E-state index in [0.29, 0.717) is 27.7 Å². The average molecular weight is 484 g/mol. The number of H-pyrrole nitrogens is 1. The zero-order valence-electron chi connectivity index (χ0n) is 17.9. The van der Waals surface area contributed by atoms with Crippen molar-refractivity contribution in [2.75, 3.05) is 18.2 Å². The molecule has 10 heteroatoms. The second-order valence-electron chi connectivity index (χ2n) is 7.45. The molecule has 2 heterocycles. The van der Waals surface area contributed by atoms with Crippen molar-refractivity contribution in [1.82, 2.24) is 9.97 Å². The number of ether oxygens (including phenoxy) is 1. The maximum absolute atomic E-state index is 12.7. The highest BCUT2D eigenvalue weighted by atomic mass is 32.2. The van der Waals surface area contributed by atoms with Crippen LogP contribution in [0.4, 0.5) is 5.13 Å². The number of aromatic amines is 1. The van der Waals surface area contributed by atoms with Crippen molar-refractivity contribution in [1.29, 1.82) is 0 Å². The molecule has 0 saturated carbocycles. The summed E-state index contributed by atoms with van der Waals surface area (Å²) in [5.74, 6) is -1.68. The molecular formula is C23H21N3O5S2. The molecule has 0 radical (unpaired) electrons. The van der Waals surface area contributed by atoms with Gasteiger partial charge in [0, 0.05) is 39.2 Å². The number of hydrogen-bond donors (Lipinski definition) is 2. The van der Waals surface area contributed by atoms with Crippen molar-refractivity contribution < 1.29 is 22.7 Å². The Kier molecular flexibility index (Phi) is 6.30. The molecule has 4 rings (SSSR count). The smallest absolute Gasteiger partial charge is 0.241 e. The van der Waals surface area contributed by atoms with E-state index in [-0.39, 0.29) is 5.78 Å². The van der Waals surface area contributed by atoms with Crippen LogP contribution in [0.25, 0.3) is 22.2 Å². The molecule has 2 N–H and O–H groups in total. The number of nitrogens with one attached hydrogen (secondary N) is 2. The normalized spacial score (nSPS) is 11.5. The Hall–Kier alpha value is -3.50. The first-order valence-corrected chi connectivity index (χ1v) is 12.7. The van der Waals surface area contributed by atoms with Gasteiger partial charge in [0.25, 0.3) is 0 Å². The zero-order chi connectivity index (χ0) is 23.6. The molecule has 0 aliphatic rings. The topological polar surface area (TPSA) is 118 Å². The summed E-state index contributed by atoms with van der Waals surface area (Å²) in [5, 5.41) is 5.69. The lowest BCUT2D eigenvalue weighted by Gasteiger charge is -2.10. The number of amides is 1. The minimum Gasteiger partial charge on any atom is -0.496 e. The Balaban J connectivity index is 1.46. The van der Waals surface area contributed by atoms with Crippen molar-refractivity contribution in [3.05, 3.63) is 65.2 Å². The quantitative estimate of drug-likeness (QED) is 0.365. The standard InChI is InChI=1S/C23H21N3O5S2/c1-14(27)15-7-8-21(31-2)16(9-15)12-33(29,30)13-22(28)26-23-25-20(11-32-23)18-10-24-19-6-4-3-5-17(18)19/h3-11,24H,12-13H2,1-2H3,(H,25,26,28). The van der Waals surface area contributed by atoms with Crippen LogP contribution < -0.4 is 10.1 Å². The number of carbonyl (C=O) groups is 2. The Morgan fingerprint density at radius 1 is 1.18 bits per heavy atom. The molecule has 0 aliphatic carbocycles. The number of ketones is 1. The number of benzene rings is 2. The fourth-order valence-corrected chi connectivity index (χ4v) is 5.49. The van der Waals surface area contributed by atoms with E-state index >= 15 is 0 Å². The van der Waals surface area contributed by atoms with E-state index in [2.05, 4.69) is 15.3 Å². The lowest BCUT2D eigenvalue weighted by atomic mass is 10.1. The molecule has 2 aromatic carbocycles. The van der Waals surface area contributed by atoms with Gasteiger partial charge in [0.2, 0.25) is 5.91 Å². The van der Waals surface area contributed by atoms with Gasteiger partial charge in [-0.15, -0.1) is 11.3 Å². The fraction of sp³-hybridized carbons (Fsp3) is 0.174. The van der Waals surface area contributed by atoms with E-state index in [1.165, 1.54) is 31.4 Å². The van der Waals surface area contributed by atoms with E-state index in [0.717, 1.165) is 16.5 Å². The van der Waals surface area contributed by atoms with Gasteiger partial charge in [0.15, 0.2) is 20.8 Å². The highest BCUT2D eigenvalue weighted by Crippen LogP contribution is 2.31. The molecule has 0 spiro atoms. The van der Waals surface area contributed by atoms with Crippen LogP contribution in [0.3, 0.4) is 0 Å². The number of para-hydroxylation sites is 1. The van der Waals surface area contributed by atoms with E-state index < -0.39 is 27.3 Å². The first kappa shape index (κ1) is 22.7. The van der Waals surface area contributed by atoms with Crippen LogP contribution in [0.2, 0.25) is 0 Å². The van der Waals surface area contributed by atoms with E-state index in [1.54, 1.807) is 17.5 Å². The van der Waals surface area contributed by atoms with Crippen LogP contribution in [-0.4, -0.2) is 42.9 Å². The van der Waals surface area contributed by atoms with E-state index in [9.17, 15) is 18.0 Å². The molecule has 0 atom stereocenters. The third-order valence-electron chi connectivity index (χ3n) is 5.03. The molecule has 0 saturated heterocycles. The number of thiazole rings is 1. The van der Waals surface area contributed by atoms with Gasteiger partial charge in [-0.05, 0) is 31.2 Å². The number of fused-ring (bicyclic) bond motifs is 1. The summed E-state index contributed by atoms with van der Waals surface area (Å²) in [6.45, 7) is 1.39. The Morgan fingerprint density at radius 2 is 1.97 bits per heavy atom. The SMILES string of the molecule is COc1ccc(C(C)=O)cc1CS(=O)(=O)CC(=O)Nc1nc(-c2c[nH]c3ccccc23)cs1. The van der Waals surface area contributed by atoms with Gasteiger partial charge in [0.1, 0.15) is 11.5 Å². The predicted octanol–water partition coefficient (Wildman–Crippen LogP) is 4.06. The van der Waals surface area contributed by atoms with Crippen molar-refractivity contribution in [3.8, 4) is 17.0 Å². The van der Waals surface area contributed by atoms with Crippen molar-refractivity contribution in [2.45, 2.75) is 12.7 Å². The molecule has 0 bridgehead atoms. The number of anilines is 1. The van der Waals surface area contributed by atoms with Gasteiger partial charge in [-0.25, -0.2) is 13.4 Å². The minimum atomic E-state index is -3.83. The number of carbonyl (C=O) groups excluding carboxylic acids is 2. The summed E-state index contributed by atoms with van der Waals surface area (Å²) in [5.41, 5.74) is 3.25. The lowest BCUT2D eigenvalue weighted by molar-refractivity contribution is -0.113. The van der Waals surface area contributed by atoms with Gasteiger partial charge >= 0.3 is 0 Å². The molecule has 1 amide bonds. The molecule has 0 fully saturated rings. The molecular weight excluding hydrogens is 462 g/mol. The first-order valence-electron chi connectivity index (χ1n) is 9.96.